The fraction of sp³-hybridized carbons (Fsp3) is 0.409. The molecule has 27 heavy (non-hydrogen) atoms. The molecule has 0 unspecified atom stereocenters. The normalized spacial score (nSPS) is 14.3. The van der Waals surface area contributed by atoms with Crippen LogP contribution in [0.1, 0.15) is 54.7 Å². The molecular formula is C22H28FN3O. The molecule has 0 aliphatic carbocycles. The molecule has 5 heteroatoms. The Kier molecular flexibility index (Phi) is 5.68. The van der Waals surface area contributed by atoms with Crippen LogP contribution in [0.3, 0.4) is 0 Å². The van der Waals surface area contributed by atoms with Crippen molar-refractivity contribution in [3.63, 3.8) is 0 Å². The molecule has 144 valence electrons. The van der Waals surface area contributed by atoms with Gasteiger partial charge in [0.2, 0.25) is 0 Å². The van der Waals surface area contributed by atoms with Crippen LogP contribution in [0.2, 0.25) is 0 Å². The Labute approximate surface area is 160 Å². The summed E-state index contributed by atoms with van der Waals surface area (Å²) < 4.78 is 16.3. The first-order chi connectivity index (χ1) is 12.9. The van der Waals surface area contributed by atoms with E-state index in [1.165, 1.54) is 12.5 Å². The molecule has 1 aromatic carbocycles. The molecule has 0 saturated carbocycles. The number of aromatic nitrogens is 1. The number of unbranched alkanes of at least 4 members (excludes halogenated alkanes) is 1. The fourth-order valence-corrected chi connectivity index (χ4v) is 3.38. The molecule has 2 aromatic rings. The van der Waals surface area contributed by atoms with E-state index in [9.17, 15) is 9.18 Å². The number of halogens is 1. The van der Waals surface area contributed by atoms with Crippen LogP contribution in [0.5, 0.6) is 0 Å². The maximum atomic E-state index is 14.4. The summed E-state index contributed by atoms with van der Waals surface area (Å²) >= 11 is 0. The number of benzene rings is 1. The quantitative estimate of drug-likeness (QED) is 0.676. The van der Waals surface area contributed by atoms with Crippen molar-refractivity contribution in [3.8, 4) is 0 Å². The summed E-state index contributed by atoms with van der Waals surface area (Å²) in [4.78, 5) is 14.5. The van der Waals surface area contributed by atoms with Crippen molar-refractivity contribution < 1.29 is 9.18 Å². The summed E-state index contributed by atoms with van der Waals surface area (Å²) in [7, 11) is 1.85. The van der Waals surface area contributed by atoms with E-state index in [0.717, 1.165) is 48.6 Å². The van der Waals surface area contributed by atoms with Crippen LogP contribution in [-0.2, 0) is 7.05 Å². The van der Waals surface area contributed by atoms with Gasteiger partial charge in [0.05, 0.1) is 11.4 Å². The number of aryl methyl sites for hydroxylation is 1. The van der Waals surface area contributed by atoms with Crippen LogP contribution in [0.4, 0.5) is 15.9 Å². The third kappa shape index (κ3) is 3.92. The number of ketones is 1. The lowest BCUT2D eigenvalue weighted by Crippen LogP contribution is -2.35. The third-order valence-corrected chi connectivity index (χ3v) is 5.07. The monoisotopic (exact) mass is 369 g/mol. The van der Waals surface area contributed by atoms with Gasteiger partial charge in [-0.25, -0.2) is 4.39 Å². The highest BCUT2D eigenvalue weighted by Gasteiger charge is 2.25. The first-order valence-corrected chi connectivity index (χ1v) is 9.61. The van der Waals surface area contributed by atoms with E-state index in [4.69, 9.17) is 0 Å². The largest absolute Gasteiger partial charge is 0.371 e. The minimum atomic E-state index is -0.297. The molecule has 1 aliphatic heterocycles. The van der Waals surface area contributed by atoms with Gasteiger partial charge in [-0.3, -0.25) is 4.79 Å². The van der Waals surface area contributed by atoms with Crippen LogP contribution in [0.15, 0.2) is 30.3 Å². The molecule has 1 aromatic heterocycles. The number of allylic oxidation sites excluding steroid dienone is 1. The van der Waals surface area contributed by atoms with Crippen molar-refractivity contribution in [3.05, 3.63) is 53.0 Å². The molecule has 0 radical (unpaired) electrons. The van der Waals surface area contributed by atoms with E-state index in [2.05, 4.69) is 23.2 Å². The summed E-state index contributed by atoms with van der Waals surface area (Å²) in [6.45, 7) is 7.60. The van der Waals surface area contributed by atoms with Gasteiger partial charge in [-0.2, -0.15) is 0 Å². The Hall–Kier alpha value is -2.56. The molecule has 2 heterocycles. The number of hydrogen-bond donors (Lipinski definition) is 1. The smallest absolute Gasteiger partial charge is 0.176 e. The first kappa shape index (κ1) is 19.2. The van der Waals surface area contributed by atoms with Crippen LogP contribution >= 0.6 is 0 Å². The number of rotatable bonds is 7. The van der Waals surface area contributed by atoms with Gasteiger partial charge < -0.3 is 14.8 Å². The molecule has 0 amide bonds. The highest BCUT2D eigenvalue weighted by Crippen LogP contribution is 2.35. The number of nitrogens with zero attached hydrogens (tertiary/aromatic N) is 2. The Morgan fingerprint density at radius 3 is 2.59 bits per heavy atom. The molecule has 1 aliphatic rings. The molecule has 0 atom stereocenters. The van der Waals surface area contributed by atoms with Crippen molar-refractivity contribution >= 4 is 23.0 Å². The van der Waals surface area contributed by atoms with Gasteiger partial charge >= 0.3 is 0 Å². The zero-order valence-electron chi connectivity index (χ0n) is 16.6. The van der Waals surface area contributed by atoms with Crippen molar-refractivity contribution in [2.45, 2.75) is 40.0 Å². The standard InChI is InChI=1S/C22H28FN3O/c1-5-6-8-20(26-11-7-12-26)17-14-21(16(3)27)25(4)22(17)24-19-10-9-15(2)13-18(19)23/h8-10,13-14,24H,5-7,11-12H2,1-4H3/b20-8-. The second-order valence-corrected chi connectivity index (χ2v) is 7.23. The number of carbonyl (C=O) groups is 1. The van der Waals surface area contributed by atoms with E-state index in [1.54, 1.807) is 13.0 Å². The van der Waals surface area contributed by atoms with Gasteiger partial charge in [-0.15, -0.1) is 0 Å². The first-order valence-electron chi connectivity index (χ1n) is 9.61. The average Bonchev–Trinajstić information content (AvgIpc) is 2.89. The van der Waals surface area contributed by atoms with Gasteiger partial charge in [0.25, 0.3) is 0 Å². The summed E-state index contributed by atoms with van der Waals surface area (Å²) in [5, 5.41) is 3.24. The lowest BCUT2D eigenvalue weighted by Gasteiger charge is -2.35. The number of likely N-dealkylation sites (tertiary alicyclic amines) is 1. The minimum Gasteiger partial charge on any atom is -0.371 e. The van der Waals surface area contributed by atoms with E-state index >= 15 is 0 Å². The maximum Gasteiger partial charge on any atom is 0.176 e. The molecule has 1 saturated heterocycles. The van der Waals surface area contributed by atoms with E-state index in [0.29, 0.717) is 11.4 Å². The zero-order chi connectivity index (χ0) is 19.6. The summed E-state index contributed by atoms with van der Waals surface area (Å²) in [5.74, 6) is 0.446. The number of carbonyl (C=O) groups excluding carboxylic acids is 1. The number of anilines is 2. The summed E-state index contributed by atoms with van der Waals surface area (Å²) in [5.41, 5.74) is 3.98. The van der Waals surface area contributed by atoms with E-state index in [1.807, 2.05) is 30.7 Å². The van der Waals surface area contributed by atoms with Gasteiger partial charge in [0.15, 0.2) is 5.78 Å². The average molecular weight is 369 g/mol. The number of Topliss-reactive ketones (excluding diaryl/α,β-unsaturated/α-hetero) is 1. The van der Waals surface area contributed by atoms with Crippen molar-refractivity contribution in [2.75, 3.05) is 18.4 Å². The molecule has 3 rings (SSSR count). The fourth-order valence-electron chi connectivity index (χ4n) is 3.38. The van der Waals surface area contributed by atoms with Crippen molar-refractivity contribution in [1.29, 1.82) is 0 Å². The predicted molar refractivity (Wildman–Crippen MR) is 109 cm³/mol. The van der Waals surface area contributed by atoms with Crippen LogP contribution in [-0.4, -0.2) is 28.3 Å². The van der Waals surface area contributed by atoms with Crippen LogP contribution in [0, 0.1) is 12.7 Å². The van der Waals surface area contributed by atoms with Crippen LogP contribution < -0.4 is 5.32 Å². The highest BCUT2D eigenvalue weighted by atomic mass is 19.1. The molecule has 1 N–H and O–H groups in total. The number of hydrogen-bond acceptors (Lipinski definition) is 3. The lowest BCUT2D eigenvalue weighted by atomic mass is 10.1. The predicted octanol–water partition coefficient (Wildman–Crippen LogP) is 5.27. The van der Waals surface area contributed by atoms with E-state index < -0.39 is 0 Å². The Balaban J connectivity index is 2.09. The lowest BCUT2D eigenvalue weighted by molar-refractivity contribution is 0.101. The summed E-state index contributed by atoms with van der Waals surface area (Å²) in [6, 6.07) is 7.06. The number of nitrogens with one attached hydrogen (secondary N) is 1. The Bertz CT molecular complexity index is 878. The Morgan fingerprint density at radius 1 is 1.30 bits per heavy atom. The van der Waals surface area contributed by atoms with Gasteiger partial charge in [-0.05, 0) is 43.5 Å². The highest BCUT2D eigenvalue weighted by molar-refractivity contribution is 5.96. The zero-order valence-corrected chi connectivity index (χ0v) is 16.6. The van der Waals surface area contributed by atoms with Gasteiger partial charge in [0.1, 0.15) is 11.6 Å². The van der Waals surface area contributed by atoms with Gasteiger partial charge in [0, 0.05) is 38.3 Å². The molecule has 0 bridgehead atoms. The summed E-state index contributed by atoms with van der Waals surface area (Å²) in [6.07, 6.45) is 5.42. The van der Waals surface area contributed by atoms with Crippen molar-refractivity contribution in [2.24, 2.45) is 7.05 Å². The molecule has 4 nitrogen and oxygen atoms in total. The van der Waals surface area contributed by atoms with Crippen molar-refractivity contribution in [1.82, 2.24) is 9.47 Å². The molecular weight excluding hydrogens is 341 g/mol. The maximum absolute atomic E-state index is 14.4. The second kappa shape index (κ2) is 7.99. The SMILES string of the molecule is CCC/C=C(/c1cc(C(C)=O)n(C)c1Nc1ccc(C)cc1F)N1CCC1. The topological polar surface area (TPSA) is 37.3 Å². The van der Waals surface area contributed by atoms with E-state index in [-0.39, 0.29) is 11.6 Å². The van der Waals surface area contributed by atoms with Crippen LogP contribution in [0.25, 0.3) is 5.70 Å². The third-order valence-electron chi connectivity index (χ3n) is 5.07. The second-order valence-electron chi connectivity index (χ2n) is 7.23. The molecule has 1 fully saturated rings. The molecule has 0 spiro atoms. The Morgan fingerprint density at radius 2 is 2.04 bits per heavy atom. The van der Waals surface area contributed by atoms with Gasteiger partial charge in [-0.1, -0.05) is 25.5 Å². The minimum absolute atomic E-state index is 0.00497.